The van der Waals surface area contributed by atoms with Crippen molar-refractivity contribution in [2.24, 2.45) is 4.99 Å². The van der Waals surface area contributed by atoms with Crippen molar-refractivity contribution in [3.05, 3.63) is 35.1 Å². The van der Waals surface area contributed by atoms with Crippen LogP contribution in [0.25, 0.3) is 0 Å². The Hall–Kier alpha value is -1.38. The Bertz CT molecular complexity index is 553. The van der Waals surface area contributed by atoms with Crippen molar-refractivity contribution < 1.29 is 13.9 Å². The number of carbonyl (C=O) groups excluding carboxylic acids is 1. The van der Waals surface area contributed by atoms with E-state index in [0.29, 0.717) is 24.5 Å². The molecule has 1 rings (SSSR count). The van der Waals surface area contributed by atoms with Crippen molar-refractivity contribution >= 4 is 35.9 Å². The maximum Gasteiger partial charge on any atom is 0.305 e. The second-order valence-corrected chi connectivity index (χ2v) is 5.41. The molecule has 0 saturated heterocycles. The van der Waals surface area contributed by atoms with Crippen molar-refractivity contribution in [1.29, 1.82) is 0 Å². The Morgan fingerprint density at radius 2 is 2.08 bits per heavy atom. The number of halogens is 2. The number of aliphatic imine (C=N–C) groups is 1. The highest BCUT2D eigenvalue weighted by molar-refractivity contribution is 14.0. The van der Waals surface area contributed by atoms with Crippen LogP contribution in [0.5, 0.6) is 0 Å². The fourth-order valence-corrected chi connectivity index (χ4v) is 2.06. The highest BCUT2D eigenvalue weighted by Gasteiger charge is 2.09. The average molecular weight is 451 g/mol. The van der Waals surface area contributed by atoms with Gasteiger partial charge in [-0.2, -0.15) is 0 Å². The molecule has 0 spiro atoms. The van der Waals surface area contributed by atoms with Gasteiger partial charge in [-0.05, 0) is 43.9 Å². The molecular weight excluding hydrogens is 424 g/mol. The second kappa shape index (κ2) is 12.0. The third-order valence-electron chi connectivity index (χ3n) is 3.60. The standard InChI is InChI=1S/C17H26FN3O2.HI/c1-12-8-9-14(11-15(12)18)13(2)21-17(19-3)20-10-6-5-7-16(22)23-4;/h8-9,11,13H,5-7,10H2,1-4H3,(H2,19,20,21);1H. The van der Waals surface area contributed by atoms with E-state index < -0.39 is 0 Å². The Balaban J connectivity index is 0.00000529. The van der Waals surface area contributed by atoms with Crippen LogP contribution >= 0.6 is 24.0 Å². The number of carbonyl (C=O) groups is 1. The van der Waals surface area contributed by atoms with Gasteiger partial charge in [-0.15, -0.1) is 24.0 Å². The van der Waals surface area contributed by atoms with E-state index >= 15 is 0 Å². The van der Waals surface area contributed by atoms with Crippen molar-refractivity contribution in [3.63, 3.8) is 0 Å². The summed E-state index contributed by atoms with van der Waals surface area (Å²) in [6.07, 6.45) is 2.02. The van der Waals surface area contributed by atoms with Crippen LogP contribution in [0.1, 0.15) is 43.4 Å². The smallest absolute Gasteiger partial charge is 0.305 e. The normalized spacial score (nSPS) is 12.1. The molecule has 24 heavy (non-hydrogen) atoms. The van der Waals surface area contributed by atoms with Gasteiger partial charge in [0.1, 0.15) is 5.82 Å². The number of esters is 1. The first-order valence-corrected chi connectivity index (χ1v) is 7.78. The van der Waals surface area contributed by atoms with Gasteiger partial charge in [-0.1, -0.05) is 12.1 Å². The van der Waals surface area contributed by atoms with Gasteiger partial charge in [0.15, 0.2) is 5.96 Å². The number of hydrogen-bond donors (Lipinski definition) is 2. The summed E-state index contributed by atoms with van der Waals surface area (Å²) in [5.41, 5.74) is 1.50. The minimum atomic E-state index is -0.207. The summed E-state index contributed by atoms with van der Waals surface area (Å²) in [6.45, 7) is 4.39. The Kier molecular flexibility index (Phi) is 11.4. The zero-order valence-corrected chi connectivity index (χ0v) is 17.0. The predicted octanol–water partition coefficient (Wildman–Crippen LogP) is 3.32. The molecule has 0 aliphatic rings. The van der Waals surface area contributed by atoms with Crippen molar-refractivity contribution in [1.82, 2.24) is 10.6 Å². The van der Waals surface area contributed by atoms with Crippen LogP contribution in [0.3, 0.4) is 0 Å². The van der Waals surface area contributed by atoms with Crippen molar-refractivity contribution in [2.45, 2.75) is 39.2 Å². The first-order valence-electron chi connectivity index (χ1n) is 7.78. The van der Waals surface area contributed by atoms with Gasteiger partial charge in [0.05, 0.1) is 13.2 Å². The third-order valence-corrected chi connectivity index (χ3v) is 3.60. The SMILES string of the molecule is CN=C(NCCCCC(=O)OC)NC(C)c1ccc(C)c(F)c1.I. The molecule has 1 aromatic rings. The number of nitrogens with zero attached hydrogens (tertiary/aromatic N) is 1. The topological polar surface area (TPSA) is 62.7 Å². The molecule has 0 saturated carbocycles. The lowest BCUT2D eigenvalue weighted by Gasteiger charge is -2.18. The third kappa shape index (κ3) is 7.94. The monoisotopic (exact) mass is 451 g/mol. The van der Waals surface area contributed by atoms with E-state index in [-0.39, 0.29) is 41.8 Å². The second-order valence-electron chi connectivity index (χ2n) is 5.41. The summed E-state index contributed by atoms with van der Waals surface area (Å²) >= 11 is 0. The molecule has 0 heterocycles. The molecule has 0 bridgehead atoms. The van der Waals surface area contributed by atoms with E-state index in [1.807, 2.05) is 13.0 Å². The Morgan fingerprint density at radius 1 is 1.38 bits per heavy atom. The fraction of sp³-hybridized carbons (Fsp3) is 0.529. The minimum Gasteiger partial charge on any atom is -0.469 e. The van der Waals surface area contributed by atoms with Crippen LogP contribution in [0, 0.1) is 12.7 Å². The van der Waals surface area contributed by atoms with Gasteiger partial charge in [0, 0.05) is 20.0 Å². The number of unbranched alkanes of at least 4 members (excludes halogenated alkanes) is 1. The van der Waals surface area contributed by atoms with Gasteiger partial charge in [0.25, 0.3) is 0 Å². The Labute approximate surface area is 160 Å². The van der Waals surface area contributed by atoms with Gasteiger partial charge in [-0.25, -0.2) is 4.39 Å². The zero-order valence-electron chi connectivity index (χ0n) is 14.7. The number of hydrogen-bond acceptors (Lipinski definition) is 3. The number of benzene rings is 1. The highest BCUT2D eigenvalue weighted by Crippen LogP contribution is 2.16. The van der Waals surface area contributed by atoms with Crippen LogP contribution < -0.4 is 10.6 Å². The van der Waals surface area contributed by atoms with E-state index in [4.69, 9.17) is 0 Å². The number of ether oxygens (including phenoxy) is 1. The van der Waals surface area contributed by atoms with Crippen molar-refractivity contribution in [2.75, 3.05) is 20.7 Å². The van der Waals surface area contributed by atoms with E-state index in [1.165, 1.54) is 13.2 Å². The molecule has 0 aliphatic carbocycles. The number of rotatable bonds is 7. The van der Waals surface area contributed by atoms with E-state index in [2.05, 4.69) is 20.4 Å². The molecule has 0 radical (unpaired) electrons. The minimum absolute atomic E-state index is 0. The molecule has 2 N–H and O–H groups in total. The molecule has 0 fully saturated rings. The fourth-order valence-electron chi connectivity index (χ4n) is 2.06. The molecule has 136 valence electrons. The van der Waals surface area contributed by atoms with E-state index in [9.17, 15) is 9.18 Å². The van der Waals surface area contributed by atoms with Crippen molar-refractivity contribution in [3.8, 4) is 0 Å². The van der Waals surface area contributed by atoms with E-state index in [0.717, 1.165) is 18.4 Å². The zero-order chi connectivity index (χ0) is 17.2. The summed E-state index contributed by atoms with van der Waals surface area (Å²) in [7, 11) is 3.08. The molecular formula is C17H27FIN3O2. The lowest BCUT2D eigenvalue weighted by atomic mass is 10.1. The van der Waals surface area contributed by atoms with E-state index in [1.54, 1.807) is 20.0 Å². The summed E-state index contributed by atoms with van der Waals surface area (Å²) in [5.74, 6) is 0.251. The molecule has 0 aliphatic heterocycles. The predicted molar refractivity (Wildman–Crippen MR) is 105 cm³/mol. The van der Waals surface area contributed by atoms with Gasteiger partial charge in [0.2, 0.25) is 0 Å². The van der Waals surface area contributed by atoms with Gasteiger partial charge < -0.3 is 15.4 Å². The molecule has 5 nitrogen and oxygen atoms in total. The summed E-state index contributed by atoms with van der Waals surface area (Å²) in [4.78, 5) is 15.2. The first-order chi connectivity index (χ1) is 11.0. The maximum absolute atomic E-state index is 13.6. The molecule has 7 heteroatoms. The number of aryl methyl sites for hydroxylation is 1. The molecule has 1 atom stereocenters. The van der Waals surface area contributed by atoms with Crippen LogP contribution in [-0.2, 0) is 9.53 Å². The Morgan fingerprint density at radius 3 is 2.67 bits per heavy atom. The maximum atomic E-state index is 13.6. The highest BCUT2D eigenvalue weighted by atomic mass is 127. The molecule has 1 aromatic carbocycles. The van der Waals surface area contributed by atoms with Crippen LogP contribution in [0.2, 0.25) is 0 Å². The molecule has 1 unspecified atom stereocenters. The average Bonchev–Trinajstić information content (AvgIpc) is 2.55. The molecule has 0 aromatic heterocycles. The summed E-state index contributed by atoms with van der Waals surface area (Å²) < 4.78 is 18.2. The van der Waals surface area contributed by atoms with Gasteiger partial charge in [-0.3, -0.25) is 9.79 Å². The lowest BCUT2D eigenvalue weighted by molar-refractivity contribution is -0.140. The lowest BCUT2D eigenvalue weighted by Crippen LogP contribution is -2.39. The number of nitrogens with one attached hydrogen (secondary N) is 2. The van der Waals surface area contributed by atoms with Crippen LogP contribution in [-0.4, -0.2) is 32.6 Å². The van der Waals surface area contributed by atoms with Gasteiger partial charge >= 0.3 is 5.97 Å². The molecule has 0 amide bonds. The van der Waals surface area contributed by atoms with Crippen LogP contribution in [0.15, 0.2) is 23.2 Å². The summed E-state index contributed by atoms with van der Waals surface area (Å²) in [5, 5.41) is 6.40. The first kappa shape index (κ1) is 22.6. The largest absolute Gasteiger partial charge is 0.469 e. The quantitative estimate of drug-likeness (QED) is 0.220. The summed E-state index contributed by atoms with van der Waals surface area (Å²) in [6, 6.07) is 5.15. The van der Waals surface area contributed by atoms with Crippen LogP contribution in [0.4, 0.5) is 4.39 Å². The number of guanidine groups is 1. The number of methoxy groups -OCH3 is 1.